The van der Waals surface area contributed by atoms with Crippen molar-refractivity contribution >= 4 is 17.5 Å². The third-order valence-electron chi connectivity index (χ3n) is 3.34. The summed E-state index contributed by atoms with van der Waals surface area (Å²) in [6, 6.07) is 5.51. The molecule has 0 saturated heterocycles. The first-order chi connectivity index (χ1) is 8.54. The minimum Gasteiger partial charge on any atom is -0.393 e. The van der Waals surface area contributed by atoms with E-state index in [0.717, 1.165) is 31.2 Å². The van der Waals surface area contributed by atoms with E-state index in [4.69, 9.17) is 11.6 Å². The smallest absolute Gasteiger partial charge is 0.251 e. The average Bonchev–Trinajstić information content (AvgIpc) is 2.31. The minimum atomic E-state index is -0.202. The second kappa shape index (κ2) is 5.72. The van der Waals surface area contributed by atoms with Gasteiger partial charge in [-0.15, -0.1) is 0 Å². The van der Waals surface area contributed by atoms with Crippen LogP contribution in [0.1, 0.15) is 41.6 Å². The monoisotopic (exact) mass is 267 g/mol. The minimum absolute atomic E-state index is 0.0815. The second-order valence-corrected chi connectivity index (χ2v) is 5.43. The van der Waals surface area contributed by atoms with E-state index in [1.807, 2.05) is 19.1 Å². The molecule has 0 aliphatic heterocycles. The zero-order valence-electron chi connectivity index (χ0n) is 10.4. The molecule has 3 nitrogen and oxygen atoms in total. The highest BCUT2D eigenvalue weighted by atomic mass is 35.5. The number of amides is 1. The molecule has 0 atom stereocenters. The van der Waals surface area contributed by atoms with Crippen LogP contribution in [0.3, 0.4) is 0 Å². The van der Waals surface area contributed by atoms with Crippen LogP contribution >= 0.6 is 11.6 Å². The highest BCUT2D eigenvalue weighted by molar-refractivity contribution is 6.31. The standard InChI is InChI=1S/C14H18ClNO2/c1-9-6-10(8-11(15)7-9)14(18)16-12-2-4-13(17)5-3-12/h6-8,12-13,17H,2-5H2,1H3,(H,16,18). The molecular weight excluding hydrogens is 250 g/mol. The lowest BCUT2D eigenvalue weighted by Gasteiger charge is -2.26. The third kappa shape index (κ3) is 3.47. The number of aryl methyl sites for hydroxylation is 1. The number of rotatable bonds is 2. The summed E-state index contributed by atoms with van der Waals surface area (Å²) >= 11 is 5.94. The number of hydrogen-bond acceptors (Lipinski definition) is 2. The van der Waals surface area contributed by atoms with Crippen LogP contribution in [-0.2, 0) is 0 Å². The van der Waals surface area contributed by atoms with Crippen molar-refractivity contribution in [2.45, 2.75) is 44.8 Å². The van der Waals surface area contributed by atoms with Crippen LogP contribution in [0.5, 0.6) is 0 Å². The van der Waals surface area contributed by atoms with Crippen molar-refractivity contribution in [1.82, 2.24) is 5.32 Å². The molecule has 1 saturated carbocycles. The van der Waals surface area contributed by atoms with Crippen molar-refractivity contribution in [2.75, 3.05) is 0 Å². The fourth-order valence-corrected chi connectivity index (χ4v) is 2.65. The molecule has 1 aliphatic carbocycles. The highest BCUT2D eigenvalue weighted by Crippen LogP contribution is 2.19. The SMILES string of the molecule is Cc1cc(Cl)cc(C(=O)NC2CCC(O)CC2)c1. The maximum atomic E-state index is 12.1. The van der Waals surface area contributed by atoms with Gasteiger partial charge in [0, 0.05) is 16.6 Å². The Hall–Kier alpha value is -1.06. The van der Waals surface area contributed by atoms with Crippen molar-refractivity contribution in [3.63, 3.8) is 0 Å². The summed E-state index contributed by atoms with van der Waals surface area (Å²) in [6.07, 6.45) is 3.00. The molecule has 18 heavy (non-hydrogen) atoms. The lowest BCUT2D eigenvalue weighted by Crippen LogP contribution is -2.38. The van der Waals surface area contributed by atoms with E-state index >= 15 is 0 Å². The number of aliphatic hydroxyl groups is 1. The number of aliphatic hydroxyl groups excluding tert-OH is 1. The highest BCUT2D eigenvalue weighted by Gasteiger charge is 2.21. The predicted molar refractivity (Wildman–Crippen MR) is 71.9 cm³/mol. The molecule has 0 unspecified atom stereocenters. The molecule has 0 spiro atoms. The van der Waals surface area contributed by atoms with Crippen molar-refractivity contribution < 1.29 is 9.90 Å². The number of hydrogen-bond donors (Lipinski definition) is 2. The number of carbonyl (C=O) groups is 1. The third-order valence-corrected chi connectivity index (χ3v) is 3.55. The van der Waals surface area contributed by atoms with E-state index < -0.39 is 0 Å². The van der Waals surface area contributed by atoms with E-state index in [0.29, 0.717) is 10.6 Å². The van der Waals surface area contributed by atoms with Gasteiger partial charge in [0.2, 0.25) is 0 Å². The van der Waals surface area contributed by atoms with Crippen molar-refractivity contribution in [3.05, 3.63) is 34.3 Å². The van der Waals surface area contributed by atoms with E-state index in [2.05, 4.69) is 5.32 Å². The molecule has 1 aromatic carbocycles. The molecule has 4 heteroatoms. The molecule has 1 amide bonds. The van der Waals surface area contributed by atoms with E-state index in [-0.39, 0.29) is 18.1 Å². The lowest BCUT2D eigenvalue weighted by molar-refractivity contribution is 0.0867. The van der Waals surface area contributed by atoms with E-state index in [9.17, 15) is 9.90 Å². The fraction of sp³-hybridized carbons (Fsp3) is 0.500. The zero-order valence-corrected chi connectivity index (χ0v) is 11.2. The average molecular weight is 268 g/mol. The number of benzene rings is 1. The van der Waals surface area contributed by atoms with Gasteiger partial charge in [-0.3, -0.25) is 4.79 Å². The number of nitrogens with one attached hydrogen (secondary N) is 1. The van der Waals surface area contributed by atoms with Crippen LogP contribution in [0.15, 0.2) is 18.2 Å². The summed E-state index contributed by atoms with van der Waals surface area (Å²) in [4.78, 5) is 12.1. The summed E-state index contributed by atoms with van der Waals surface area (Å²) in [5.41, 5.74) is 1.58. The Bertz CT molecular complexity index is 419. The predicted octanol–water partition coefficient (Wildman–Crippen LogP) is 2.68. The van der Waals surface area contributed by atoms with Gasteiger partial charge >= 0.3 is 0 Å². The summed E-state index contributed by atoms with van der Waals surface area (Å²) in [7, 11) is 0. The molecule has 1 fully saturated rings. The Morgan fingerprint density at radius 1 is 1.28 bits per heavy atom. The first-order valence-corrected chi connectivity index (χ1v) is 6.68. The topological polar surface area (TPSA) is 49.3 Å². The Balaban J connectivity index is 1.99. The van der Waals surface area contributed by atoms with Crippen LogP contribution in [0.25, 0.3) is 0 Å². The molecule has 2 rings (SSSR count). The largest absolute Gasteiger partial charge is 0.393 e. The van der Waals surface area contributed by atoms with Gasteiger partial charge in [0.1, 0.15) is 0 Å². The number of halogens is 1. The molecule has 98 valence electrons. The maximum absolute atomic E-state index is 12.1. The number of carbonyl (C=O) groups excluding carboxylic acids is 1. The quantitative estimate of drug-likeness (QED) is 0.866. The molecule has 2 N–H and O–H groups in total. The van der Waals surface area contributed by atoms with Gasteiger partial charge in [-0.25, -0.2) is 0 Å². The van der Waals surface area contributed by atoms with Crippen LogP contribution in [-0.4, -0.2) is 23.2 Å². The zero-order chi connectivity index (χ0) is 13.1. The van der Waals surface area contributed by atoms with Gasteiger partial charge in [-0.2, -0.15) is 0 Å². The van der Waals surface area contributed by atoms with Gasteiger partial charge in [-0.1, -0.05) is 11.6 Å². The van der Waals surface area contributed by atoms with Crippen LogP contribution < -0.4 is 5.32 Å². The van der Waals surface area contributed by atoms with Crippen molar-refractivity contribution in [1.29, 1.82) is 0 Å². The summed E-state index contributed by atoms with van der Waals surface area (Å²) < 4.78 is 0. The summed E-state index contributed by atoms with van der Waals surface area (Å²) in [5.74, 6) is -0.0815. The molecular formula is C14H18ClNO2. The fourth-order valence-electron chi connectivity index (χ4n) is 2.36. The Morgan fingerprint density at radius 2 is 1.94 bits per heavy atom. The molecule has 0 heterocycles. The van der Waals surface area contributed by atoms with Crippen LogP contribution in [0.2, 0.25) is 5.02 Å². The summed E-state index contributed by atoms with van der Waals surface area (Å²) in [6.45, 7) is 1.92. The molecule has 0 bridgehead atoms. The molecule has 1 aliphatic rings. The van der Waals surface area contributed by atoms with Crippen LogP contribution in [0.4, 0.5) is 0 Å². The Morgan fingerprint density at radius 3 is 2.56 bits per heavy atom. The van der Waals surface area contributed by atoms with Gasteiger partial charge in [0.05, 0.1) is 6.10 Å². The molecule has 0 aromatic heterocycles. The van der Waals surface area contributed by atoms with Gasteiger partial charge in [0.25, 0.3) is 5.91 Å². The normalized spacial score (nSPS) is 23.7. The molecule has 0 radical (unpaired) electrons. The second-order valence-electron chi connectivity index (χ2n) is 5.00. The first kappa shape index (κ1) is 13.4. The van der Waals surface area contributed by atoms with Crippen molar-refractivity contribution in [3.8, 4) is 0 Å². The molecule has 1 aromatic rings. The first-order valence-electron chi connectivity index (χ1n) is 6.31. The van der Waals surface area contributed by atoms with Gasteiger partial charge < -0.3 is 10.4 Å². The Kier molecular flexibility index (Phi) is 4.25. The van der Waals surface area contributed by atoms with E-state index in [1.54, 1.807) is 6.07 Å². The van der Waals surface area contributed by atoms with Gasteiger partial charge in [0.15, 0.2) is 0 Å². The maximum Gasteiger partial charge on any atom is 0.251 e. The van der Waals surface area contributed by atoms with Gasteiger partial charge in [-0.05, 0) is 56.4 Å². The lowest BCUT2D eigenvalue weighted by atomic mass is 9.93. The Labute approximate surface area is 112 Å². The van der Waals surface area contributed by atoms with Crippen molar-refractivity contribution in [2.24, 2.45) is 0 Å². The summed E-state index contributed by atoms with van der Waals surface area (Å²) in [5, 5.41) is 13.0. The van der Waals surface area contributed by atoms with Crippen LogP contribution in [0, 0.1) is 6.92 Å². The van der Waals surface area contributed by atoms with E-state index in [1.165, 1.54) is 0 Å².